The molecule has 0 aliphatic carbocycles. The van der Waals surface area contributed by atoms with Gasteiger partial charge in [-0.05, 0) is 35.0 Å². The number of sulfone groups is 2. The van der Waals surface area contributed by atoms with E-state index in [1.807, 2.05) is 0 Å². The summed E-state index contributed by atoms with van der Waals surface area (Å²) in [6.07, 6.45) is 0. The standard InChI is InChI=1S/C14H16O4S2.U/c1-3-19(15,16)13-7-5-12-10-14(20(17,18)4-2)8-6-11(12)9-13;/h5-10H,3-4H2,1-2H3;. The van der Waals surface area contributed by atoms with Crippen LogP contribution in [0, 0.1) is 31.1 Å². The van der Waals surface area contributed by atoms with Gasteiger partial charge in [0.15, 0.2) is 19.7 Å². The summed E-state index contributed by atoms with van der Waals surface area (Å²) < 4.78 is 47.3. The summed E-state index contributed by atoms with van der Waals surface area (Å²) in [4.78, 5) is 0.525. The summed E-state index contributed by atoms with van der Waals surface area (Å²) in [6.45, 7) is 3.19. The van der Waals surface area contributed by atoms with Crippen LogP contribution in [-0.4, -0.2) is 28.3 Å². The van der Waals surface area contributed by atoms with Crippen molar-refractivity contribution in [3.63, 3.8) is 0 Å². The fraction of sp³-hybridized carbons (Fsp3) is 0.286. The van der Waals surface area contributed by atoms with Crippen LogP contribution < -0.4 is 0 Å². The van der Waals surface area contributed by atoms with E-state index in [0.29, 0.717) is 0 Å². The van der Waals surface area contributed by atoms with Crippen LogP contribution in [0.5, 0.6) is 0 Å². The molecular weight excluding hydrogens is 534 g/mol. The van der Waals surface area contributed by atoms with Gasteiger partial charge in [0.2, 0.25) is 0 Å². The van der Waals surface area contributed by atoms with Crippen LogP contribution in [0.25, 0.3) is 10.8 Å². The molecule has 0 amide bonds. The van der Waals surface area contributed by atoms with Crippen LogP contribution in [0.3, 0.4) is 0 Å². The minimum Gasteiger partial charge on any atom is -0.224 e. The summed E-state index contributed by atoms with van der Waals surface area (Å²) in [5, 5.41) is 1.43. The van der Waals surface area contributed by atoms with Crippen molar-refractivity contribution >= 4 is 30.4 Å². The molecule has 0 saturated heterocycles. The zero-order chi connectivity index (χ0) is 15.0. The second-order valence-electron chi connectivity index (χ2n) is 4.48. The van der Waals surface area contributed by atoms with Crippen molar-refractivity contribution in [1.82, 2.24) is 0 Å². The van der Waals surface area contributed by atoms with Crippen molar-refractivity contribution in [1.29, 1.82) is 0 Å². The molecule has 0 heterocycles. The van der Waals surface area contributed by atoms with Gasteiger partial charge in [0.25, 0.3) is 0 Å². The van der Waals surface area contributed by atoms with Gasteiger partial charge < -0.3 is 0 Å². The molecule has 0 atom stereocenters. The third kappa shape index (κ3) is 3.89. The van der Waals surface area contributed by atoms with Crippen LogP contribution in [0.1, 0.15) is 13.8 Å². The van der Waals surface area contributed by atoms with Crippen molar-refractivity contribution in [3.05, 3.63) is 36.4 Å². The second kappa shape index (κ2) is 6.82. The van der Waals surface area contributed by atoms with Gasteiger partial charge in [-0.15, -0.1) is 0 Å². The van der Waals surface area contributed by atoms with Crippen molar-refractivity contribution < 1.29 is 47.9 Å². The Morgan fingerprint density at radius 2 is 1.05 bits per heavy atom. The largest absolute Gasteiger partial charge is 0.224 e. The van der Waals surface area contributed by atoms with E-state index in [4.69, 9.17) is 0 Å². The average molecular weight is 550 g/mol. The third-order valence-electron chi connectivity index (χ3n) is 3.26. The van der Waals surface area contributed by atoms with E-state index in [-0.39, 0.29) is 52.4 Å². The average Bonchev–Trinajstić information content (AvgIpc) is 2.46. The van der Waals surface area contributed by atoms with E-state index in [0.717, 1.165) is 10.8 Å². The Balaban J connectivity index is 0.00000220. The van der Waals surface area contributed by atoms with Crippen LogP contribution in [-0.2, 0) is 19.7 Å². The molecule has 2 aromatic carbocycles. The van der Waals surface area contributed by atoms with E-state index in [2.05, 4.69) is 0 Å². The van der Waals surface area contributed by atoms with E-state index in [1.165, 1.54) is 12.1 Å². The molecule has 2 rings (SSSR count). The topological polar surface area (TPSA) is 68.3 Å². The predicted molar refractivity (Wildman–Crippen MR) is 79.4 cm³/mol. The van der Waals surface area contributed by atoms with E-state index < -0.39 is 19.7 Å². The first kappa shape index (κ1) is 18.7. The minimum absolute atomic E-state index is 0. The zero-order valence-electron chi connectivity index (χ0n) is 11.8. The van der Waals surface area contributed by atoms with Crippen molar-refractivity contribution in [2.75, 3.05) is 11.5 Å². The Bertz CT molecular complexity index is 782. The molecule has 0 aliphatic heterocycles. The van der Waals surface area contributed by atoms with Gasteiger partial charge in [0, 0.05) is 31.1 Å². The molecule has 0 radical (unpaired) electrons. The van der Waals surface area contributed by atoms with Gasteiger partial charge in [-0.3, -0.25) is 0 Å². The predicted octanol–water partition coefficient (Wildman–Crippen LogP) is 2.43. The molecular formula is C14H16O4S2U. The molecule has 0 saturated carbocycles. The molecule has 0 aliphatic rings. The number of hydrogen-bond donors (Lipinski definition) is 0. The van der Waals surface area contributed by atoms with Gasteiger partial charge in [-0.25, -0.2) is 16.8 Å². The SMILES string of the molecule is CCS(=O)(=O)c1ccc2cc(S(=O)(=O)CC)ccc2c1.[U]. The van der Waals surface area contributed by atoms with Gasteiger partial charge in [-0.2, -0.15) is 0 Å². The summed E-state index contributed by atoms with van der Waals surface area (Å²) in [7, 11) is -6.50. The summed E-state index contributed by atoms with van der Waals surface area (Å²) in [6, 6.07) is 9.49. The van der Waals surface area contributed by atoms with Gasteiger partial charge in [0.05, 0.1) is 21.3 Å². The molecule has 0 aromatic heterocycles. The van der Waals surface area contributed by atoms with E-state index in [9.17, 15) is 16.8 Å². The molecule has 0 N–H and O–H groups in total. The Hall–Kier alpha value is -0.348. The normalized spacial score (nSPS) is 12.1. The quantitative estimate of drug-likeness (QED) is 0.587. The Kier molecular flexibility index (Phi) is 6.08. The Morgan fingerprint density at radius 1 is 0.714 bits per heavy atom. The summed E-state index contributed by atoms with van der Waals surface area (Å²) in [5.74, 6) is 0.0849. The first-order valence-electron chi connectivity index (χ1n) is 6.29. The van der Waals surface area contributed by atoms with Gasteiger partial charge in [0.1, 0.15) is 0 Å². The van der Waals surface area contributed by atoms with Crippen LogP contribution in [0.15, 0.2) is 46.2 Å². The van der Waals surface area contributed by atoms with Crippen molar-refractivity contribution in [2.45, 2.75) is 23.6 Å². The molecule has 4 nitrogen and oxygen atoms in total. The zero-order valence-corrected chi connectivity index (χ0v) is 17.6. The first-order valence-corrected chi connectivity index (χ1v) is 9.60. The van der Waals surface area contributed by atoms with E-state index >= 15 is 0 Å². The van der Waals surface area contributed by atoms with Crippen LogP contribution in [0.4, 0.5) is 0 Å². The van der Waals surface area contributed by atoms with Gasteiger partial charge >= 0.3 is 0 Å². The molecule has 0 unspecified atom stereocenters. The molecule has 0 spiro atoms. The third-order valence-corrected chi connectivity index (χ3v) is 6.73. The number of fused-ring (bicyclic) bond motifs is 1. The Morgan fingerprint density at radius 3 is 1.33 bits per heavy atom. The maximum atomic E-state index is 11.8. The molecule has 2 aromatic rings. The Labute approximate surface area is 149 Å². The summed E-state index contributed by atoms with van der Waals surface area (Å²) >= 11 is 0. The summed E-state index contributed by atoms with van der Waals surface area (Å²) in [5.41, 5.74) is 0. The fourth-order valence-electron chi connectivity index (χ4n) is 1.92. The maximum absolute atomic E-state index is 11.8. The second-order valence-corrected chi connectivity index (χ2v) is 9.03. The fourth-order valence-corrected chi connectivity index (χ4v) is 3.75. The molecule has 7 heteroatoms. The molecule has 0 bridgehead atoms. The van der Waals surface area contributed by atoms with Crippen LogP contribution in [0.2, 0.25) is 0 Å². The van der Waals surface area contributed by atoms with Crippen molar-refractivity contribution in [2.24, 2.45) is 0 Å². The maximum Gasteiger partial charge on any atom is 0.178 e. The number of rotatable bonds is 4. The molecule has 21 heavy (non-hydrogen) atoms. The first-order chi connectivity index (χ1) is 9.30. The van der Waals surface area contributed by atoms with Crippen molar-refractivity contribution in [3.8, 4) is 0 Å². The smallest absolute Gasteiger partial charge is 0.178 e. The molecule has 0 fully saturated rings. The monoisotopic (exact) mass is 550 g/mol. The molecule has 112 valence electrons. The van der Waals surface area contributed by atoms with Crippen LogP contribution >= 0.6 is 0 Å². The minimum atomic E-state index is -3.25. The van der Waals surface area contributed by atoms with Gasteiger partial charge in [-0.1, -0.05) is 26.0 Å². The number of hydrogen-bond acceptors (Lipinski definition) is 4. The van der Waals surface area contributed by atoms with E-state index in [1.54, 1.807) is 38.1 Å². The number of benzene rings is 2.